The predicted molar refractivity (Wildman–Crippen MR) is 78.6 cm³/mol. The van der Waals surface area contributed by atoms with Crippen molar-refractivity contribution in [3.63, 3.8) is 0 Å². The van der Waals surface area contributed by atoms with E-state index in [2.05, 4.69) is 44.4 Å². The second kappa shape index (κ2) is 4.67. The van der Waals surface area contributed by atoms with Crippen LogP contribution in [0.1, 0.15) is 57.6 Å². The van der Waals surface area contributed by atoms with Crippen LogP contribution in [0.15, 0.2) is 5.38 Å². The summed E-state index contributed by atoms with van der Waals surface area (Å²) in [5.74, 6) is 0.511. The number of hydrogen-bond donors (Lipinski definition) is 1. The number of nitrogens with two attached hydrogens (primary N) is 1. The van der Waals surface area contributed by atoms with Crippen molar-refractivity contribution in [3.8, 4) is 0 Å². The van der Waals surface area contributed by atoms with Gasteiger partial charge in [0.15, 0.2) is 4.96 Å². The molecule has 0 aliphatic rings. The van der Waals surface area contributed by atoms with Crippen LogP contribution < -0.4 is 5.73 Å². The van der Waals surface area contributed by atoms with Crippen molar-refractivity contribution in [1.82, 2.24) is 9.38 Å². The zero-order valence-corrected chi connectivity index (χ0v) is 12.8. The van der Waals surface area contributed by atoms with Gasteiger partial charge in [-0.15, -0.1) is 11.3 Å². The predicted octanol–water partition coefficient (Wildman–Crippen LogP) is 3.32. The van der Waals surface area contributed by atoms with E-state index in [0.29, 0.717) is 12.5 Å². The van der Waals surface area contributed by atoms with Crippen LogP contribution in [0.3, 0.4) is 0 Å². The summed E-state index contributed by atoms with van der Waals surface area (Å²) < 4.78 is 2.32. The number of hydrogen-bond acceptors (Lipinski definition) is 3. The van der Waals surface area contributed by atoms with Crippen molar-refractivity contribution in [3.05, 3.63) is 22.5 Å². The van der Waals surface area contributed by atoms with Gasteiger partial charge in [0.25, 0.3) is 0 Å². The van der Waals surface area contributed by atoms with Gasteiger partial charge in [0.05, 0.1) is 5.69 Å². The van der Waals surface area contributed by atoms with Gasteiger partial charge in [0.1, 0.15) is 0 Å². The van der Waals surface area contributed by atoms with Gasteiger partial charge in [-0.25, -0.2) is 4.98 Å². The van der Waals surface area contributed by atoms with Crippen molar-refractivity contribution >= 4 is 16.3 Å². The summed E-state index contributed by atoms with van der Waals surface area (Å²) in [5, 5.41) is 2.22. The van der Waals surface area contributed by atoms with Crippen LogP contribution in [0.4, 0.5) is 0 Å². The first-order chi connectivity index (χ1) is 8.36. The zero-order chi connectivity index (χ0) is 13.5. The zero-order valence-electron chi connectivity index (χ0n) is 11.9. The third kappa shape index (κ3) is 2.19. The summed E-state index contributed by atoms with van der Waals surface area (Å²) in [6, 6.07) is 0. The smallest absolute Gasteiger partial charge is 0.194 e. The molecule has 100 valence electrons. The van der Waals surface area contributed by atoms with Gasteiger partial charge in [-0.2, -0.15) is 0 Å². The Morgan fingerprint density at radius 1 is 1.39 bits per heavy atom. The molecule has 0 amide bonds. The van der Waals surface area contributed by atoms with E-state index in [0.717, 1.165) is 11.4 Å². The Labute approximate surface area is 113 Å². The highest BCUT2D eigenvalue weighted by Gasteiger charge is 2.25. The molecule has 2 aromatic heterocycles. The van der Waals surface area contributed by atoms with Gasteiger partial charge >= 0.3 is 0 Å². The Balaban J connectivity index is 2.70. The number of imidazole rings is 1. The fraction of sp³-hybridized carbons (Fsp3) is 0.643. The minimum Gasteiger partial charge on any atom is -0.330 e. The lowest BCUT2D eigenvalue weighted by Crippen LogP contribution is -2.17. The van der Waals surface area contributed by atoms with Gasteiger partial charge in [0, 0.05) is 28.6 Å². The molecule has 0 spiro atoms. The van der Waals surface area contributed by atoms with E-state index < -0.39 is 0 Å². The van der Waals surface area contributed by atoms with Gasteiger partial charge < -0.3 is 5.73 Å². The van der Waals surface area contributed by atoms with Crippen LogP contribution >= 0.6 is 11.3 Å². The molecule has 2 aromatic rings. The molecule has 0 aromatic carbocycles. The molecule has 0 saturated carbocycles. The van der Waals surface area contributed by atoms with Crippen molar-refractivity contribution in [1.29, 1.82) is 0 Å². The number of thiazole rings is 1. The van der Waals surface area contributed by atoms with Crippen LogP contribution in [-0.4, -0.2) is 15.9 Å². The maximum atomic E-state index is 5.78. The van der Waals surface area contributed by atoms with Gasteiger partial charge in [-0.3, -0.25) is 4.40 Å². The van der Waals surface area contributed by atoms with Crippen LogP contribution in [0.5, 0.6) is 0 Å². The van der Waals surface area contributed by atoms with Crippen LogP contribution in [-0.2, 0) is 11.8 Å². The first-order valence-corrected chi connectivity index (χ1v) is 7.43. The van der Waals surface area contributed by atoms with E-state index in [9.17, 15) is 0 Å². The Hall–Kier alpha value is -0.870. The highest BCUT2D eigenvalue weighted by molar-refractivity contribution is 7.15. The maximum absolute atomic E-state index is 5.78. The van der Waals surface area contributed by atoms with E-state index >= 15 is 0 Å². The summed E-state index contributed by atoms with van der Waals surface area (Å²) in [6.45, 7) is 11.8. The van der Waals surface area contributed by atoms with Crippen molar-refractivity contribution < 1.29 is 0 Å². The van der Waals surface area contributed by atoms with Gasteiger partial charge in [-0.1, -0.05) is 34.6 Å². The largest absolute Gasteiger partial charge is 0.330 e. The molecule has 2 heterocycles. The lowest BCUT2D eigenvalue weighted by Gasteiger charge is -2.18. The van der Waals surface area contributed by atoms with Crippen LogP contribution in [0, 0.1) is 0 Å². The molecule has 2 rings (SSSR count). The molecule has 4 heteroatoms. The summed E-state index contributed by atoms with van der Waals surface area (Å²) in [7, 11) is 0. The fourth-order valence-corrected chi connectivity index (χ4v) is 3.37. The monoisotopic (exact) mass is 265 g/mol. The third-order valence-electron chi connectivity index (χ3n) is 3.17. The van der Waals surface area contributed by atoms with Gasteiger partial charge in [0.2, 0.25) is 0 Å². The summed E-state index contributed by atoms with van der Waals surface area (Å²) >= 11 is 1.73. The minimum atomic E-state index is 0.0739. The normalized spacial score (nSPS) is 12.8. The highest BCUT2D eigenvalue weighted by Crippen LogP contribution is 2.31. The Morgan fingerprint density at radius 3 is 2.56 bits per heavy atom. The maximum Gasteiger partial charge on any atom is 0.194 e. The van der Waals surface area contributed by atoms with Crippen LogP contribution in [0.2, 0.25) is 0 Å². The second-order valence-electron chi connectivity index (χ2n) is 6.13. The van der Waals surface area contributed by atoms with Gasteiger partial charge in [-0.05, 0) is 12.5 Å². The molecule has 0 saturated heterocycles. The molecular formula is C14H23N3S. The van der Waals surface area contributed by atoms with E-state index in [1.807, 2.05) is 0 Å². The first-order valence-electron chi connectivity index (χ1n) is 6.55. The molecule has 3 nitrogen and oxygen atoms in total. The third-order valence-corrected chi connectivity index (χ3v) is 4.01. The summed E-state index contributed by atoms with van der Waals surface area (Å²) in [6.07, 6.45) is 0.893. The standard InChI is InChI=1S/C14H23N3S/c1-9(2)11-8-18-13-16-12(14(3,4)5)10(6-7-15)17(11)13/h8-9H,6-7,15H2,1-5H3. The molecule has 0 radical (unpaired) electrons. The second-order valence-corrected chi connectivity index (χ2v) is 6.97. The molecule has 18 heavy (non-hydrogen) atoms. The van der Waals surface area contributed by atoms with Crippen LogP contribution in [0.25, 0.3) is 4.96 Å². The number of fused-ring (bicyclic) bond motifs is 1. The molecule has 0 unspecified atom stereocenters. The van der Waals surface area contributed by atoms with Crippen molar-refractivity contribution in [2.24, 2.45) is 5.73 Å². The average molecular weight is 265 g/mol. The first kappa shape index (κ1) is 13.6. The number of aromatic nitrogens is 2. The Kier molecular flexibility index (Phi) is 3.52. The molecule has 0 atom stereocenters. The molecule has 0 bridgehead atoms. The highest BCUT2D eigenvalue weighted by atomic mass is 32.1. The Bertz CT molecular complexity index is 543. The quantitative estimate of drug-likeness (QED) is 0.925. The molecule has 0 fully saturated rings. The molecule has 0 aliphatic carbocycles. The molecular weight excluding hydrogens is 242 g/mol. The van der Waals surface area contributed by atoms with E-state index in [1.165, 1.54) is 17.1 Å². The average Bonchev–Trinajstić information content (AvgIpc) is 2.77. The number of nitrogens with zero attached hydrogens (tertiary/aromatic N) is 2. The molecule has 2 N–H and O–H groups in total. The van der Waals surface area contributed by atoms with E-state index in [4.69, 9.17) is 10.7 Å². The molecule has 0 aliphatic heterocycles. The van der Waals surface area contributed by atoms with E-state index in [1.54, 1.807) is 11.3 Å². The van der Waals surface area contributed by atoms with Crippen molar-refractivity contribution in [2.45, 2.75) is 52.4 Å². The van der Waals surface area contributed by atoms with Crippen molar-refractivity contribution in [2.75, 3.05) is 6.54 Å². The topological polar surface area (TPSA) is 43.3 Å². The number of rotatable bonds is 3. The lowest BCUT2D eigenvalue weighted by atomic mass is 9.90. The Morgan fingerprint density at radius 2 is 2.06 bits per heavy atom. The lowest BCUT2D eigenvalue weighted by molar-refractivity contribution is 0.563. The SMILES string of the molecule is CC(C)c1csc2nc(C(C)(C)C)c(CCN)n12. The summed E-state index contributed by atoms with van der Waals surface area (Å²) in [5.41, 5.74) is 9.69. The fourth-order valence-electron chi connectivity index (χ4n) is 2.30. The minimum absolute atomic E-state index is 0.0739. The van der Waals surface area contributed by atoms with E-state index in [-0.39, 0.29) is 5.41 Å². The summed E-state index contributed by atoms with van der Waals surface area (Å²) in [4.78, 5) is 5.94.